The number of aromatic nitrogens is 1. The highest BCUT2D eigenvalue weighted by Crippen LogP contribution is 2.40. The van der Waals surface area contributed by atoms with Crippen LogP contribution in [0.4, 0.5) is 9.52 Å². The first-order valence-electron chi connectivity index (χ1n) is 12.4. The molecule has 6 nitrogen and oxygen atoms in total. The molecular formula is C29H31Cl2FN2O4S. The van der Waals surface area contributed by atoms with E-state index in [1.54, 1.807) is 23.6 Å². The summed E-state index contributed by atoms with van der Waals surface area (Å²) in [5, 5.41) is 14.0. The normalized spacial score (nSPS) is 12.9. The Morgan fingerprint density at radius 2 is 1.90 bits per heavy atom. The Labute approximate surface area is 241 Å². The Hall–Kier alpha value is -2.78. The van der Waals surface area contributed by atoms with Gasteiger partial charge >= 0.3 is 5.97 Å². The second-order valence-corrected chi connectivity index (χ2v) is 11.8. The number of benzene rings is 2. The number of nitrogens with one attached hydrogen (secondary N) is 1. The summed E-state index contributed by atoms with van der Waals surface area (Å²) < 4.78 is 21.9. The molecule has 2 aromatic carbocycles. The number of thiazole rings is 1. The number of ether oxygens (including phenoxy) is 1. The van der Waals surface area contributed by atoms with Gasteiger partial charge in [0.25, 0.3) is 5.91 Å². The van der Waals surface area contributed by atoms with Crippen LogP contribution in [0.25, 0.3) is 17.3 Å². The molecule has 1 unspecified atom stereocenters. The predicted octanol–water partition coefficient (Wildman–Crippen LogP) is 8.90. The van der Waals surface area contributed by atoms with E-state index in [2.05, 4.69) is 17.2 Å². The van der Waals surface area contributed by atoms with Crippen molar-refractivity contribution in [2.24, 2.45) is 5.41 Å². The lowest BCUT2D eigenvalue weighted by molar-refractivity contribution is -0.132. The van der Waals surface area contributed by atoms with Gasteiger partial charge in [-0.2, -0.15) is 0 Å². The molecule has 1 amide bonds. The summed E-state index contributed by atoms with van der Waals surface area (Å²) in [5.74, 6) is -2.03. The smallest absolute Gasteiger partial charge is 0.331 e. The molecule has 0 aliphatic rings. The van der Waals surface area contributed by atoms with Gasteiger partial charge in [0.15, 0.2) is 5.13 Å². The van der Waals surface area contributed by atoms with Crippen molar-refractivity contribution in [3.63, 3.8) is 0 Å². The Kier molecular flexibility index (Phi) is 10.3. The Balaban J connectivity index is 1.85. The Morgan fingerprint density at radius 3 is 2.49 bits per heavy atom. The third kappa shape index (κ3) is 7.66. The molecule has 0 radical (unpaired) electrons. The summed E-state index contributed by atoms with van der Waals surface area (Å²) >= 11 is 13.7. The molecule has 0 fully saturated rings. The van der Waals surface area contributed by atoms with Crippen LogP contribution in [-0.4, -0.2) is 28.6 Å². The predicted molar refractivity (Wildman–Crippen MR) is 156 cm³/mol. The monoisotopic (exact) mass is 592 g/mol. The van der Waals surface area contributed by atoms with Gasteiger partial charge in [-0.25, -0.2) is 14.2 Å². The van der Waals surface area contributed by atoms with Gasteiger partial charge in [0.2, 0.25) is 0 Å². The third-order valence-electron chi connectivity index (χ3n) is 5.92. The summed E-state index contributed by atoms with van der Waals surface area (Å²) in [5.41, 5.74) is 1.35. The molecule has 2 N–H and O–H groups in total. The standard InChI is InChI=1S/C29H31Cl2FN2O4S/c1-6-7-11-38-25(29(3,4)5)19-10-8-9-18(24(19)32)23-15-39-28(33-23)34-26(35)17-13-21(30)20(22(31)14-17)12-16(2)27(36)37/h8-10,12-15,25H,6-7,11H2,1-5H3,(H,36,37)(H,33,34,35)/b16-12+. The van der Waals surface area contributed by atoms with E-state index in [9.17, 15) is 9.59 Å². The van der Waals surface area contributed by atoms with E-state index in [4.69, 9.17) is 33.0 Å². The van der Waals surface area contributed by atoms with Gasteiger partial charge in [0.05, 0.1) is 21.8 Å². The van der Waals surface area contributed by atoms with Gasteiger partial charge in [-0.3, -0.25) is 10.1 Å². The fraction of sp³-hybridized carbons (Fsp3) is 0.345. The molecule has 10 heteroatoms. The highest BCUT2D eigenvalue weighted by Gasteiger charge is 2.30. The number of aliphatic carboxylic acids is 1. The van der Waals surface area contributed by atoms with Crippen LogP contribution in [0, 0.1) is 11.2 Å². The van der Waals surface area contributed by atoms with Gasteiger partial charge in [-0.15, -0.1) is 11.3 Å². The van der Waals surface area contributed by atoms with Crippen LogP contribution in [0.2, 0.25) is 10.0 Å². The lowest BCUT2D eigenvalue weighted by Crippen LogP contribution is -2.23. The summed E-state index contributed by atoms with van der Waals surface area (Å²) in [6.45, 7) is 10.1. The number of halogens is 3. The first-order chi connectivity index (χ1) is 18.3. The van der Waals surface area contributed by atoms with E-state index in [-0.39, 0.29) is 31.7 Å². The van der Waals surface area contributed by atoms with Gasteiger partial charge in [0.1, 0.15) is 5.82 Å². The van der Waals surface area contributed by atoms with Crippen molar-refractivity contribution in [3.05, 3.63) is 73.8 Å². The number of anilines is 1. The number of nitrogens with zero attached hydrogens (tertiary/aromatic N) is 1. The van der Waals surface area contributed by atoms with Crippen LogP contribution < -0.4 is 5.32 Å². The summed E-state index contributed by atoms with van der Waals surface area (Å²) in [4.78, 5) is 28.4. The molecule has 0 aliphatic carbocycles. The zero-order chi connectivity index (χ0) is 28.9. The Bertz CT molecular complexity index is 1380. The van der Waals surface area contributed by atoms with E-state index in [0.717, 1.165) is 24.2 Å². The number of carbonyl (C=O) groups excluding carboxylic acids is 1. The number of hydrogen-bond acceptors (Lipinski definition) is 5. The maximum atomic E-state index is 15.8. The van der Waals surface area contributed by atoms with E-state index < -0.39 is 23.8 Å². The molecule has 3 aromatic rings. The van der Waals surface area contributed by atoms with Gasteiger partial charge < -0.3 is 9.84 Å². The van der Waals surface area contributed by atoms with Crippen LogP contribution in [0.5, 0.6) is 0 Å². The maximum absolute atomic E-state index is 15.8. The Morgan fingerprint density at radius 1 is 1.23 bits per heavy atom. The minimum atomic E-state index is -1.11. The first kappa shape index (κ1) is 30.8. The number of rotatable bonds is 10. The van der Waals surface area contributed by atoms with Crippen LogP contribution in [-0.2, 0) is 9.53 Å². The zero-order valence-electron chi connectivity index (χ0n) is 22.4. The first-order valence-corrected chi connectivity index (χ1v) is 14.0. The van der Waals surface area contributed by atoms with Crippen molar-refractivity contribution in [2.45, 2.75) is 53.6 Å². The topological polar surface area (TPSA) is 88.5 Å². The third-order valence-corrected chi connectivity index (χ3v) is 7.30. The average molecular weight is 594 g/mol. The molecule has 1 aromatic heterocycles. The van der Waals surface area contributed by atoms with E-state index in [1.807, 2.05) is 20.8 Å². The minimum absolute atomic E-state index is 0.0453. The molecule has 3 rings (SSSR count). The molecule has 0 aliphatic heterocycles. The molecule has 0 saturated heterocycles. The summed E-state index contributed by atoms with van der Waals surface area (Å²) in [6.07, 6.45) is 2.77. The average Bonchev–Trinajstić information content (AvgIpc) is 3.31. The van der Waals surface area contributed by atoms with E-state index in [1.165, 1.54) is 25.1 Å². The number of carboxylic acids is 1. The second kappa shape index (κ2) is 13.0. The van der Waals surface area contributed by atoms with Gasteiger partial charge in [-0.1, -0.05) is 69.5 Å². The van der Waals surface area contributed by atoms with Crippen molar-refractivity contribution < 1.29 is 23.8 Å². The highest BCUT2D eigenvalue weighted by molar-refractivity contribution is 7.14. The quantitative estimate of drug-likeness (QED) is 0.181. The van der Waals surface area contributed by atoms with Crippen LogP contribution in [0.1, 0.15) is 75.0 Å². The number of amides is 1. The van der Waals surface area contributed by atoms with Crippen molar-refractivity contribution in [1.29, 1.82) is 0 Å². The van der Waals surface area contributed by atoms with Crippen molar-refractivity contribution in [3.8, 4) is 11.3 Å². The van der Waals surface area contributed by atoms with Crippen molar-refractivity contribution >= 4 is 57.6 Å². The fourth-order valence-electron chi connectivity index (χ4n) is 3.86. The molecule has 1 atom stereocenters. The molecule has 0 saturated carbocycles. The van der Waals surface area contributed by atoms with Crippen molar-refractivity contribution in [1.82, 2.24) is 4.98 Å². The maximum Gasteiger partial charge on any atom is 0.331 e. The molecule has 39 heavy (non-hydrogen) atoms. The van der Waals surface area contributed by atoms with Gasteiger partial charge in [-0.05, 0) is 43.0 Å². The molecule has 1 heterocycles. The number of carbonyl (C=O) groups is 2. The number of unbranched alkanes of at least 4 members (excludes halogenated alkanes) is 1. The molecule has 208 valence electrons. The summed E-state index contributed by atoms with van der Waals surface area (Å²) in [6, 6.07) is 7.95. The second-order valence-electron chi connectivity index (χ2n) is 10.2. The highest BCUT2D eigenvalue weighted by atomic mass is 35.5. The van der Waals surface area contributed by atoms with E-state index in [0.29, 0.717) is 29.0 Å². The number of hydrogen-bond donors (Lipinski definition) is 2. The number of carboxylic acid groups (broad SMARTS) is 1. The SMILES string of the molecule is CCCCOC(c1cccc(-c2csc(NC(=O)c3cc(Cl)c(/C=C(\C)C(=O)O)c(Cl)c3)n2)c1F)C(C)(C)C. The van der Waals surface area contributed by atoms with Gasteiger partial charge in [0, 0.05) is 39.8 Å². The lowest BCUT2D eigenvalue weighted by Gasteiger charge is -2.31. The lowest BCUT2D eigenvalue weighted by atomic mass is 9.83. The van der Waals surface area contributed by atoms with Crippen LogP contribution >= 0.6 is 34.5 Å². The molecule has 0 spiro atoms. The molecule has 0 bridgehead atoms. The fourth-order valence-corrected chi connectivity index (χ4v) is 5.16. The minimum Gasteiger partial charge on any atom is -0.478 e. The zero-order valence-corrected chi connectivity index (χ0v) is 24.7. The van der Waals surface area contributed by atoms with Crippen LogP contribution in [0.3, 0.4) is 0 Å². The van der Waals surface area contributed by atoms with Crippen molar-refractivity contribution in [2.75, 3.05) is 11.9 Å². The van der Waals surface area contributed by atoms with E-state index >= 15 is 4.39 Å². The molecular weight excluding hydrogens is 562 g/mol. The van der Waals surface area contributed by atoms with Crippen LogP contribution in [0.15, 0.2) is 41.3 Å². The summed E-state index contributed by atoms with van der Waals surface area (Å²) in [7, 11) is 0. The largest absolute Gasteiger partial charge is 0.478 e.